The first-order chi connectivity index (χ1) is 4.88. The van der Waals surface area contributed by atoms with Crippen LogP contribution in [0.4, 0.5) is 5.82 Å². The molecular weight excluding hydrogens is 199 g/mol. The fourth-order valence-electron chi connectivity index (χ4n) is 1.03. The molecule has 2 rings (SSSR count). The molecule has 12 heavy (non-hydrogen) atoms. The quantitative estimate of drug-likeness (QED) is 0.701. The van der Waals surface area contributed by atoms with Crippen LogP contribution in [-0.4, -0.2) is 17.3 Å². The molecule has 0 radical (unpaired) electrons. The maximum atomic E-state index is 11.0. The molecule has 0 aliphatic carbocycles. The molecule has 0 bridgehead atoms. The van der Waals surface area contributed by atoms with Gasteiger partial charge in [0.05, 0.1) is 12.1 Å². The molecule has 0 aromatic carbocycles. The highest BCUT2D eigenvalue weighted by atomic mass is 35.5. The van der Waals surface area contributed by atoms with Gasteiger partial charge in [-0.25, -0.2) is 4.98 Å². The molecule has 2 heterocycles. The smallest absolute Gasteiger partial charge is 0.185 e. The van der Waals surface area contributed by atoms with Crippen LogP contribution in [0.5, 0.6) is 0 Å². The summed E-state index contributed by atoms with van der Waals surface area (Å²) >= 11 is 0. The van der Waals surface area contributed by atoms with Gasteiger partial charge in [0, 0.05) is 6.20 Å². The summed E-state index contributed by atoms with van der Waals surface area (Å²) in [5, 5.41) is 2.89. The molecule has 0 atom stereocenters. The zero-order valence-corrected chi connectivity index (χ0v) is 7.74. The number of fused-ring (bicyclic) bond motifs is 1. The van der Waals surface area contributed by atoms with Crippen LogP contribution in [0.1, 0.15) is 10.4 Å². The van der Waals surface area contributed by atoms with Crippen LogP contribution in [-0.2, 0) is 0 Å². The Labute approximate surface area is 82.4 Å². The predicted molar refractivity (Wildman–Crippen MR) is 51.6 cm³/mol. The highest BCUT2D eigenvalue weighted by Gasteiger charge is 2.18. The molecule has 0 fully saturated rings. The summed E-state index contributed by atoms with van der Waals surface area (Å²) in [4.78, 5) is 14.9. The van der Waals surface area contributed by atoms with Gasteiger partial charge >= 0.3 is 0 Å². The second-order valence-electron chi connectivity index (χ2n) is 2.18. The van der Waals surface area contributed by atoms with Gasteiger partial charge in [0.2, 0.25) is 0 Å². The van der Waals surface area contributed by atoms with Crippen molar-refractivity contribution in [1.82, 2.24) is 4.98 Å². The van der Waals surface area contributed by atoms with Crippen molar-refractivity contribution in [3.63, 3.8) is 0 Å². The highest BCUT2D eigenvalue weighted by Crippen LogP contribution is 2.16. The Morgan fingerprint density at radius 1 is 1.42 bits per heavy atom. The molecule has 0 unspecified atom stereocenters. The summed E-state index contributed by atoms with van der Waals surface area (Å²) in [5.74, 6) is 0.843. The van der Waals surface area contributed by atoms with Gasteiger partial charge < -0.3 is 5.32 Å². The molecule has 1 aromatic rings. The van der Waals surface area contributed by atoms with Gasteiger partial charge in [-0.15, -0.1) is 24.8 Å². The van der Waals surface area contributed by atoms with Crippen molar-refractivity contribution in [2.24, 2.45) is 0 Å². The lowest BCUT2D eigenvalue weighted by Gasteiger charge is -1.91. The molecule has 1 aliphatic rings. The fraction of sp³-hybridized carbons (Fsp3) is 0.143. The van der Waals surface area contributed by atoms with Gasteiger partial charge in [0.25, 0.3) is 0 Å². The number of carbonyl (C=O) groups excluding carboxylic acids is 1. The highest BCUT2D eigenvalue weighted by molar-refractivity contribution is 6.06. The number of Topliss-reactive ketones (excluding diaryl/α,β-unsaturated/α-hetero) is 1. The van der Waals surface area contributed by atoms with Crippen molar-refractivity contribution in [1.29, 1.82) is 0 Å². The minimum atomic E-state index is 0. The molecule has 1 N–H and O–H groups in total. The Balaban J connectivity index is 0.000000605. The van der Waals surface area contributed by atoms with Crippen LogP contribution in [0.25, 0.3) is 0 Å². The number of hydrogen-bond acceptors (Lipinski definition) is 3. The number of pyridine rings is 1. The van der Waals surface area contributed by atoms with Gasteiger partial charge in [0.1, 0.15) is 5.82 Å². The van der Waals surface area contributed by atoms with E-state index in [9.17, 15) is 4.79 Å². The van der Waals surface area contributed by atoms with E-state index in [0.29, 0.717) is 17.9 Å². The van der Waals surface area contributed by atoms with E-state index in [4.69, 9.17) is 0 Å². The Hall–Kier alpha value is -0.800. The second kappa shape index (κ2) is 4.28. The average molecular weight is 207 g/mol. The molecule has 5 heteroatoms. The van der Waals surface area contributed by atoms with Crippen LogP contribution < -0.4 is 5.32 Å². The first-order valence-corrected chi connectivity index (χ1v) is 3.10. The van der Waals surface area contributed by atoms with Crippen LogP contribution in [0.2, 0.25) is 0 Å². The fourth-order valence-corrected chi connectivity index (χ4v) is 1.03. The summed E-state index contributed by atoms with van der Waals surface area (Å²) in [6, 6.07) is 3.55. The minimum Gasteiger partial charge on any atom is -0.362 e. The Morgan fingerprint density at radius 3 is 2.83 bits per heavy atom. The number of nitrogens with one attached hydrogen (secondary N) is 1. The number of rotatable bonds is 0. The van der Waals surface area contributed by atoms with Gasteiger partial charge in [-0.3, -0.25) is 4.79 Å². The normalized spacial score (nSPS) is 12.2. The largest absolute Gasteiger partial charge is 0.362 e. The third kappa shape index (κ3) is 1.68. The van der Waals surface area contributed by atoms with Crippen molar-refractivity contribution in [2.45, 2.75) is 0 Å². The third-order valence-corrected chi connectivity index (χ3v) is 1.52. The van der Waals surface area contributed by atoms with Gasteiger partial charge in [-0.1, -0.05) is 0 Å². The maximum absolute atomic E-state index is 11.0. The van der Waals surface area contributed by atoms with Crippen molar-refractivity contribution >= 4 is 36.4 Å². The topological polar surface area (TPSA) is 42.0 Å². The number of nitrogens with zero attached hydrogens (tertiary/aromatic N) is 1. The molecule has 1 aromatic heterocycles. The number of halogens is 2. The second-order valence-corrected chi connectivity index (χ2v) is 2.18. The summed E-state index contributed by atoms with van der Waals surface area (Å²) in [6.07, 6.45) is 1.67. The Kier molecular flexibility index (Phi) is 4.00. The Morgan fingerprint density at radius 2 is 2.17 bits per heavy atom. The molecule has 0 saturated carbocycles. The number of anilines is 1. The number of carbonyl (C=O) groups is 1. The minimum absolute atomic E-state index is 0. The lowest BCUT2D eigenvalue weighted by atomic mass is 10.2. The van der Waals surface area contributed by atoms with E-state index < -0.39 is 0 Å². The first-order valence-electron chi connectivity index (χ1n) is 3.10. The Bertz CT molecular complexity index is 290. The number of ketones is 1. The van der Waals surface area contributed by atoms with E-state index in [1.54, 1.807) is 18.3 Å². The summed E-state index contributed by atoms with van der Waals surface area (Å²) < 4.78 is 0. The lowest BCUT2D eigenvalue weighted by molar-refractivity contribution is 0.101. The summed E-state index contributed by atoms with van der Waals surface area (Å²) in [5.41, 5.74) is 0.711. The molecule has 0 spiro atoms. The molecule has 3 nitrogen and oxygen atoms in total. The van der Waals surface area contributed by atoms with Crippen molar-refractivity contribution in [3.8, 4) is 0 Å². The first kappa shape index (κ1) is 11.2. The van der Waals surface area contributed by atoms with Crippen molar-refractivity contribution in [2.75, 3.05) is 11.9 Å². The SMILES string of the molecule is Cl.Cl.O=C1CNc2ncccc21. The van der Waals surface area contributed by atoms with Crippen LogP contribution in [0.15, 0.2) is 18.3 Å². The molecule has 1 aliphatic heterocycles. The maximum Gasteiger partial charge on any atom is 0.185 e. The summed E-state index contributed by atoms with van der Waals surface area (Å²) in [7, 11) is 0. The monoisotopic (exact) mass is 206 g/mol. The molecule has 0 saturated heterocycles. The predicted octanol–water partition coefficient (Wildman–Crippen LogP) is 1.53. The van der Waals surface area contributed by atoms with E-state index in [2.05, 4.69) is 10.3 Å². The van der Waals surface area contributed by atoms with Crippen LogP contribution in [0.3, 0.4) is 0 Å². The zero-order valence-electron chi connectivity index (χ0n) is 6.11. The molecule has 66 valence electrons. The third-order valence-electron chi connectivity index (χ3n) is 1.52. The number of aromatic nitrogens is 1. The van der Waals surface area contributed by atoms with Crippen LogP contribution >= 0.6 is 24.8 Å². The van der Waals surface area contributed by atoms with Crippen molar-refractivity contribution in [3.05, 3.63) is 23.9 Å². The van der Waals surface area contributed by atoms with E-state index in [0.717, 1.165) is 0 Å². The number of hydrogen-bond donors (Lipinski definition) is 1. The van der Waals surface area contributed by atoms with Crippen molar-refractivity contribution < 1.29 is 4.79 Å². The molecule has 0 amide bonds. The van der Waals surface area contributed by atoms with E-state index in [1.165, 1.54) is 0 Å². The van der Waals surface area contributed by atoms with Crippen LogP contribution in [0, 0.1) is 0 Å². The zero-order chi connectivity index (χ0) is 6.97. The summed E-state index contributed by atoms with van der Waals surface area (Å²) in [6.45, 7) is 0.395. The molecular formula is C7H8Cl2N2O. The van der Waals surface area contributed by atoms with Gasteiger partial charge in [-0.2, -0.15) is 0 Å². The lowest BCUT2D eigenvalue weighted by Crippen LogP contribution is -2.00. The van der Waals surface area contributed by atoms with Gasteiger partial charge in [-0.05, 0) is 12.1 Å². The van der Waals surface area contributed by atoms with E-state index in [1.807, 2.05) is 0 Å². The standard InChI is InChI=1S/C7H6N2O.2ClH/c10-6-4-9-7-5(6)2-1-3-8-7;;/h1-3H,4H2,(H,8,9);2*1H. The van der Waals surface area contributed by atoms with E-state index >= 15 is 0 Å². The van der Waals surface area contributed by atoms with Gasteiger partial charge in [0.15, 0.2) is 5.78 Å². The average Bonchev–Trinajstić information content (AvgIpc) is 2.34. The van der Waals surface area contributed by atoms with E-state index in [-0.39, 0.29) is 30.6 Å².